The van der Waals surface area contributed by atoms with Crippen molar-refractivity contribution >= 4 is 12.0 Å². The zero-order valence-electron chi connectivity index (χ0n) is 20.4. The second-order valence-corrected chi connectivity index (χ2v) is 10.2. The molecule has 4 atom stereocenters. The lowest BCUT2D eigenvalue weighted by atomic mass is 9.94. The van der Waals surface area contributed by atoms with E-state index >= 15 is 0 Å². The Bertz CT molecular complexity index is 1100. The molecule has 0 spiro atoms. The van der Waals surface area contributed by atoms with Crippen molar-refractivity contribution in [2.24, 2.45) is 0 Å². The number of carbonyl (C=O) groups excluding carboxylic acids is 1. The number of nitrogens with one attached hydrogen (secondary N) is 1. The molecule has 188 valence electrons. The van der Waals surface area contributed by atoms with Crippen molar-refractivity contribution in [3.8, 4) is 0 Å². The summed E-state index contributed by atoms with van der Waals surface area (Å²) in [7, 11) is 0. The van der Waals surface area contributed by atoms with Crippen molar-refractivity contribution < 1.29 is 19.1 Å². The Morgan fingerprint density at radius 3 is 2.63 bits per heavy atom. The van der Waals surface area contributed by atoms with Gasteiger partial charge < -0.3 is 19.9 Å². The molecule has 1 aromatic carbocycles. The number of piperidine rings is 1. The third-order valence-corrected chi connectivity index (χ3v) is 8.03. The highest BCUT2D eigenvalue weighted by atomic mass is 19.1. The quantitative estimate of drug-likeness (QED) is 0.652. The number of hydrogen-bond donors (Lipinski definition) is 2. The minimum absolute atomic E-state index is 0.109. The summed E-state index contributed by atoms with van der Waals surface area (Å²) in [6.45, 7) is 5.29. The van der Waals surface area contributed by atoms with Gasteiger partial charge in [0.2, 0.25) is 5.91 Å². The van der Waals surface area contributed by atoms with Crippen LogP contribution in [0.25, 0.3) is 0 Å². The molecule has 1 unspecified atom stereocenters. The Morgan fingerprint density at radius 2 is 1.97 bits per heavy atom. The SMILES string of the molecule is CC(=O)N[C@@H](CCN1[C@@H]2CC[C@H]1CC(n1c(C)nc3c1CCN(C(=O)O)C3)C2)c1cccc(F)c1. The molecule has 5 rings (SSSR count). The number of nitrogens with zero attached hydrogens (tertiary/aromatic N) is 4. The van der Waals surface area contributed by atoms with Gasteiger partial charge in [-0.25, -0.2) is 14.2 Å². The Hall–Kier alpha value is -2.94. The molecule has 0 saturated carbocycles. The summed E-state index contributed by atoms with van der Waals surface area (Å²) in [5.74, 6) is 0.587. The number of rotatable bonds is 6. The number of hydrogen-bond acceptors (Lipinski definition) is 4. The van der Waals surface area contributed by atoms with Crippen molar-refractivity contribution in [3.05, 3.63) is 52.9 Å². The maximum Gasteiger partial charge on any atom is 0.407 e. The molecule has 3 aliphatic heterocycles. The van der Waals surface area contributed by atoms with Gasteiger partial charge in [0.15, 0.2) is 0 Å². The minimum atomic E-state index is -0.884. The van der Waals surface area contributed by atoms with Crippen molar-refractivity contribution in [2.45, 2.75) is 83.1 Å². The van der Waals surface area contributed by atoms with E-state index < -0.39 is 6.09 Å². The topological polar surface area (TPSA) is 90.7 Å². The number of fused-ring (bicyclic) bond motifs is 3. The molecule has 0 aliphatic carbocycles. The standard InChI is InChI=1S/C26H34FN5O3/c1-16-28-24-15-30(26(34)35)10-9-25(24)32(16)22-13-20-6-7-21(14-22)31(20)11-8-23(29-17(2)33)18-4-3-5-19(27)12-18/h3-5,12,20-23H,6-11,13-15H2,1-2H3,(H,29,33)(H,34,35)/t20-,21+,22?,23-/m0/s1. The van der Waals surface area contributed by atoms with Crippen LogP contribution in [0.15, 0.2) is 24.3 Å². The fourth-order valence-corrected chi connectivity index (χ4v) is 6.58. The van der Waals surface area contributed by atoms with E-state index in [1.807, 2.05) is 13.0 Å². The lowest BCUT2D eigenvalue weighted by Crippen LogP contribution is -2.45. The highest BCUT2D eigenvalue weighted by Gasteiger charge is 2.42. The molecule has 4 heterocycles. The van der Waals surface area contributed by atoms with Gasteiger partial charge in [0.1, 0.15) is 11.6 Å². The smallest absolute Gasteiger partial charge is 0.407 e. The summed E-state index contributed by atoms with van der Waals surface area (Å²) in [6.07, 6.45) is 4.99. The Labute approximate surface area is 205 Å². The third-order valence-electron chi connectivity index (χ3n) is 8.03. The zero-order chi connectivity index (χ0) is 24.7. The fraction of sp³-hybridized carbons (Fsp3) is 0.577. The van der Waals surface area contributed by atoms with E-state index in [1.165, 1.54) is 29.7 Å². The van der Waals surface area contributed by atoms with Gasteiger partial charge in [0.25, 0.3) is 0 Å². The fourth-order valence-electron chi connectivity index (χ4n) is 6.58. The van der Waals surface area contributed by atoms with Crippen LogP contribution in [0.1, 0.15) is 73.9 Å². The molecular formula is C26H34FN5O3. The predicted molar refractivity (Wildman–Crippen MR) is 128 cm³/mol. The van der Waals surface area contributed by atoms with E-state index in [9.17, 15) is 19.1 Å². The van der Waals surface area contributed by atoms with Crippen LogP contribution in [0.4, 0.5) is 9.18 Å². The van der Waals surface area contributed by atoms with E-state index in [1.54, 1.807) is 6.07 Å². The van der Waals surface area contributed by atoms with E-state index in [4.69, 9.17) is 4.98 Å². The first-order valence-corrected chi connectivity index (χ1v) is 12.6. The Kier molecular flexibility index (Phi) is 6.53. The second-order valence-electron chi connectivity index (χ2n) is 10.2. The molecular weight excluding hydrogens is 449 g/mol. The zero-order valence-corrected chi connectivity index (χ0v) is 20.4. The molecule has 35 heavy (non-hydrogen) atoms. The summed E-state index contributed by atoms with van der Waals surface area (Å²) >= 11 is 0. The van der Waals surface area contributed by atoms with Crippen LogP contribution in [0.2, 0.25) is 0 Å². The molecule has 0 radical (unpaired) electrons. The average molecular weight is 484 g/mol. The molecule has 2 amide bonds. The van der Waals surface area contributed by atoms with E-state index in [2.05, 4.69) is 14.8 Å². The number of aromatic nitrogens is 2. The van der Waals surface area contributed by atoms with Gasteiger partial charge in [0, 0.05) is 50.3 Å². The molecule has 8 nitrogen and oxygen atoms in total. The summed E-state index contributed by atoms with van der Waals surface area (Å²) < 4.78 is 16.2. The van der Waals surface area contributed by atoms with Crippen molar-refractivity contribution in [1.82, 2.24) is 24.7 Å². The maximum atomic E-state index is 13.8. The molecule has 2 bridgehead atoms. The highest BCUT2D eigenvalue weighted by Crippen LogP contribution is 2.42. The largest absolute Gasteiger partial charge is 0.465 e. The molecule has 2 saturated heterocycles. The van der Waals surface area contributed by atoms with E-state index in [-0.39, 0.29) is 17.8 Å². The molecule has 3 aliphatic rings. The van der Waals surface area contributed by atoms with E-state index in [0.29, 0.717) is 37.6 Å². The lowest BCUT2D eigenvalue weighted by Gasteiger charge is -2.41. The average Bonchev–Trinajstić information content (AvgIpc) is 3.26. The molecule has 2 aromatic rings. The number of benzene rings is 1. The van der Waals surface area contributed by atoms with E-state index in [0.717, 1.165) is 55.7 Å². The predicted octanol–water partition coefficient (Wildman–Crippen LogP) is 3.80. The van der Waals surface area contributed by atoms with Gasteiger partial charge in [-0.3, -0.25) is 9.69 Å². The summed E-state index contributed by atoms with van der Waals surface area (Å²) in [6, 6.07) is 7.62. The number of amides is 2. The summed E-state index contributed by atoms with van der Waals surface area (Å²) in [5, 5.41) is 12.4. The van der Waals surface area contributed by atoms with Crippen LogP contribution in [0.3, 0.4) is 0 Å². The van der Waals surface area contributed by atoms with Crippen LogP contribution in [0.5, 0.6) is 0 Å². The van der Waals surface area contributed by atoms with Gasteiger partial charge in [-0.15, -0.1) is 0 Å². The Balaban J connectivity index is 1.27. The number of imidazole rings is 1. The van der Waals surface area contributed by atoms with Crippen LogP contribution < -0.4 is 5.32 Å². The lowest BCUT2D eigenvalue weighted by molar-refractivity contribution is -0.119. The first kappa shape index (κ1) is 23.8. The van der Waals surface area contributed by atoms with Crippen LogP contribution >= 0.6 is 0 Å². The van der Waals surface area contributed by atoms with Crippen LogP contribution in [0, 0.1) is 12.7 Å². The van der Waals surface area contributed by atoms with Crippen molar-refractivity contribution in [1.29, 1.82) is 0 Å². The first-order valence-electron chi connectivity index (χ1n) is 12.6. The molecule has 2 fully saturated rings. The second kappa shape index (κ2) is 9.60. The number of carboxylic acid groups (broad SMARTS) is 1. The maximum absolute atomic E-state index is 13.8. The number of carbonyl (C=O) groups is 2. The van der Waals surface area contributed by atoms with Gasteiger partial charge in [-0.2, -0.15) is 0 Å². The van der Waals surface area contributed by atoms with Crippen molar-refractivity contribution in [2.75, 3.05) is 13.1 Å². The molecule has 1 aromatic heterocycles. The first-order chi connectivity index (χ1) is 16.8. The number of aryl methyl sites for hydroxylation is 1. The molecule has 2 N–H and O–H groups in total. The normalized spacial score (nSPS) is 24.8. The summed E-state index contributed by atoms with van der Waals surface area (Å²) in [5.41, 5.74) is 2.91. The van der Waals surface area contributed by atoms with Crippen LogP contribution in [-0.2, 0) is 17.8 Å². The Morgan fingerprint density at radius 1 is 1.23 bits per heavy atom. The van der Waals surface area contributed by atoms with Crippen LogP contribution in [-0.4, -0.2) is 61.6 Å². The highest BCUT2D eigenvalue weighted by molar-refractivity contribution is 5.73. The van der Waals surface area contributed by atoms with Gasteiger partial charge in [-0.05, 0) is 56.7 Å². The van der Waals surface area contributed by atoms with Gasteiger partial charge in [0.05, 0.1) is 18.3 Å². The monoisotopic (exact) mass is 483 g/mol. The van der Waals surface area contributed by atoms with Gasteiger partial charge in [-0.1, -0.05) is 12.1 Å². The van der Waals surface area contributed by atoms with Gasteiger partial charge >= 0.3 is 6.09 Å². The molecule has 9 heteroatoms. The third kappa shape index (κ3) is 4.78. The minimum Gasteiger partial charge on any atom is -0.465 e. The summed E-state index contributed by atoms with van der Waals surface area (Å²) in [4.78, 5) is 32.0. The van der Waals surface area contributed by atoms with Crippen molar-refractivity contribution in [3.63, 3.8) is 0 Å². The number of halogens is 1.